The van der Waals surface area contributed by atoms with Crippen molar-refractivity contribution in [1.82, 2.24) is 0 Å². The van der Waals surface area contributed by atoms with Crippen molar-refractivity contribution in [3.8, 4) is 0 Å². The molecule has 0 amide bonds. The number of aliphatic hydroxyl groups is 1. The Labute approximate surface area is 96.5 Å². The molecule has 0 saturated heterocycles. The first kappa shape index (κ1) is 11.9. The third-order valence-electron chi connectivity index (χ3n) is 2.20. The maximum atomic E-state index is 13.2. The smallest absolute Gasteiger partial charge is 0.136 e. The van der Waals surface area contributed by atoms with Crippen LogP contribution in [0.5, 0.6) is 0 Å². The van der Waals surface area contributed by atoms with Gasteiger partial charge in [0.15, 0.2) is 0 Å². The molecule has 1 aromatic carbocycles. The highest BCUT2D eigenvalue weighted by Gasteiger charge is 2.24. The molecule has 78 valence electrons. The molecule has 0 aliphatic rings. The number of benzene rings is 1. The van der Waals surface area contributed by atoms with E-state index < -0.39 is 5.54 Å². The van der Waals surface area contributed by atoms with Crippen LogP contribution in [-0.4, -0.2) is 11.7 Å². The van der Waals surface area contributed by atoms with E-state index in [9.17, 15) is 4.39 Å². The van der Waals surface area contributed by atoms with Crippen molar-refractivity contribution < 1.29 is 9.50 Å². The fourth-order valence-electron chi connectivity index (χ4n) is 1.31. The average Bonchev–Trinajstić information content (AvgIpc) is 2.09. The van der Waals surface area contributed by atoms with Gasteiger partial charge in [0.2, 0.25) is 0 Å². The van der Waals surface area contributed by atoms with Gasteiger partial charge in [-0.2, -0.15) is 0 Å². The van der Waals surface area contributed by atoms with Gasteiger partial charge in [0.1, 0.15) is 5.82 Å². The van der Waals surface area contributed by atoms with E-state index in [0.717, 1.165) is 5.56 Å². The molecule has 3 N–H and O–H groups in total. The summed E-state index contributed by atoms with van der Waals surface area (Å²) in [4.78, 5) is 0. The van der Waals surface area contributed by atoms with Crippen LogP contribution in [-0.2, 0) is 5.54 Å². The molecule has 0 aromatic heterocycles. The molecule has 0 bridgehead atoms. The van der Waals surface area contributed by atoms with Gasteiger partial charge in [0.05, 0.1) is 3.57 Å². The predicted octanol–water partition coefficient (Wildman–Crippen LogP) is 1.99. The largest absolute Gasteiger partial charge is 0.396 e. The highest BCUT2D eigenvalue weighted by molar-refractivity contribution is 14.1. The standard InChI is InChI=1S/C10H13FINO/c1-10(13,5-6-14)7-3-2-4-8(11)9(7)12/h2-4,14H,5-6,13H2,1H3/t10-/m0/s1. The SMILES string of the molecule is C[C@](N)(CCO)c1cccc(F)c1I. The van der Waals surface area contributed by atoms with Crippen LogP contribution < -0.4 is 5.73 Å². The van der Waals surface area contributed by atoms with Crippen LogP contribution in [0.15, 0.2) is 18.2 Å². The van der Waals surface area contributed by atoms with E-state index in [4.69, 9.17) is 10.8 Å². The Bertz CT molecular complexity index is 328. The van der Waals surface area contributed by atoms with Gasteiger partial charge in [0.25, 0.3) is 0 Å². The van der Waals surface area contributed by atoms with Crippen LogP contribution in [0.2, 0.25) is 0 Å². The molecular weight excluding hydrogens is 296 g/mol. The summed E-state index contributed by atoms with van der Waals surface area (Å²) >= 11 is 1.93. The van der Waals surface area contributed by atoms with E-state index in [1.54, 1.807) is 19.1 Å². The topological polar surface area (TPSA) is 46.2 Å². The summed E-state index contributed by atoms with van der Waals surface area (Å²) in [5.41, 5.74) is 6.06. The minimum absolute atomic E-state index is 0.000403. The number of rotatable bonds is 3. The van der Waals surface area contributed by atoms with E-state index >= 15 is 0 Å². The monoisotopic (exact) mass is 309 g/mol. The quantitative estimate of drug-likeness (QED) is 0.839. The summed E-state index contributed by atoms with van der Waals surface area (Å²) in [6, 6.07) is 4.83. The predicted molar refractivity (Wildman–Crippen MR) is 62.4 cm³/mol. The molecule has 0 aliphatic carbocycles. The molecule has 0 saturated carbocycles. The van der Waals surface area contributed by atoms with E-state index in [2.05, 4.69) is 0 Å². The van der Waals surface area contributed by atoms with Crippen LogP contribution in [0.1, 0.15) is 18.9 Å². The summed E-state index contributed by atoms with van der Waals surface area (Å²) in [5.74, 6) is -0.266. The van der Waals surface area contributed by atoms with Gasteiger partial charge >= 0.3 is 0 Å². The lowest BCUT2D eigenvalue weighted by Crippen LogP contribution is -2.35. The van der Waals surface area contributed by atoms with Crippen molar-refractivity contribution in [2.24, 2.45) is 5.73 Å². The van der Waals surface area contributed by atoms with Crippen molar-refractivity contribution in [3.05, 3.63) is 33.1 Å². The maximum absolute atomic E-state index is 13.2. The Morgan fingerprint density at radius 2 is 2.21 bits per heavy atom. The number of nitrogens with two attached hydrogens (primary N) is 1. The van der Waals surface area contributed by atoms with E-state index in [-0.39, 0.29) is 12.4 Å². The van der Waals surface area contributed by atoms with E-state index in [0.29, 0.717) is 9.99 Å². The lowest BCUT2D eigenvalue weighted by atomic mass is 9.90. The van der Waals surface area contributed by atoms with Crippen LogP contribution in [0.3, 0.4) is 0 Å². The summed E-state index contributed by atoms with van der Waals surface area (Å²) in [6.07, 6.45) is 0.423. The van der Waals surface area contributed by atoms with Gasteiger partial charge in [0, 0.05) is 12.1 Å². The Morgan fingerprint density at radius 1 is 1.57 bits per heavy atom. The molecule has 1 atom stereocenters. The lowest BCUT2D eigenvalue weighted by Gasteiger charge is -2.25. The van der Waals surface area contributed by atoms with Gasteiger partial charge in [-0.3, -0.25) is 0 Å². The number of aliphatic hydroxyl groups excluding tert-OH is 1. The average molecular weight is 309 g/mol. The normalized spacial score (nSPS) is 15.2. The van der Waals surface area contributed by atoms with Gasteiger partial charge in [-0.05, 0) is 47.6 Å². The molecule has 0 aliphatic heterocycles. The first-order valence-electron chi connectivity index (χ1n) is 4.33. The van der Waals surface area contributed by atoms with Gasteiger partial charge in [-0.15, -0.1) is 0 Å². The molecular formula is C10H13FINO. The minimum atomic E-state index is -0.673. The summed E-state index contributed by atoms with van der Waals surface area (Å²) in [7, 11) is 0. The fourth-order valence-corrected chi connectivity index (χ4v) is 2.29. The highest BCUT2D eigenvalue weighted by atomic mass is 127. The molecule has 0 spiro atoms. The Kier molecular flexibility index (Phi) is 3.86. The Morgan fingerprint density at radius 3 is 2.79 bits per heavy atom. The lowest BCUT2D eigenvalue weighted by molar-refractivity contribution is 0.246. The van der Waals surface area contributed by atoms with Crippen LogP contribution in [0.4, 0.5) is 4.39 Å². The zero-order valence-electron chi connectivity index (χ0n) is 7.93. The second-order valence-corrected chi connectivity index (χ2v) is 4.57. The van der Waals surface area contributed by atoms with Crippen molar-refractivity contribution in [1.29, 1.82) is 0 Å². The van der Waals surface area contributed by atoms with Crippen molar-refractivity contribution in [2.75, 3.05) is 6.61 Å². The zero-order chi connectivity index (χ0) is 10.8. The number of hydrogen-bond acceptors (Lipinski definition) is 2. The van der Waals surface area contributed by atoms with Crippen LogP contribution in [0.25, 0.3) is 0 Å². The maximum Gasteiger partial charge on any atom is 0.136 e. The third-order valence-corrected chi connectivity index (χ3v) is 3.29. The third kappa shape index (κ3) is 2.43. The minimum Gasteiger partial charge on any atom is -0.396 e. The molecule has 0 radical (unpaired) electrons. The first-order chi connectivity index (χ1) is 6.49. The summed E-state index contributed by atoms with van der Waals surface area (Å²) in [5, 5.41) is 8.85. The van der Waals surface area contributed by atoms with Crippen LogP contribution in [0, 0.1) is 9.39 Å². The Balaban J connectivity index is 3.12. The van der Waals surface area contributed by atoms with Gasteiger partial charge < -0.3 is 10.8 Å². The molecule has 1 aromatic rings. The number of halogens is 2. The van der Waals surface area contributed by atoms with Crippen molar-refractivity contribution in [3.63, 3.8) is 0 Å². The molecule has 0 fully saturated rings. The molecule has 1 rings (SSSR count). The Hall–Kier alpha value is -0.200. The first-order valence-corrected chi connectivity index (χ1v) is 5.41. The highest BCUT2D eigenvalue weighted by Crippen LogP contribution is 2.27. The molecule has 14 heavy (non-hydrogen) atoms. The molecule has 0 heterocycles. The van der Waals surface area contributed by atoms with E-state index in [1.807, 2.05) is 22.6 Å². The second-order valence-electron chi connectivity index (χ2n) is 3.49. The van der Waals surface area contributed by atoms with Crippen LogP contribution >= 0.6 is 22.6 Å². The molecule has 0 unspecified atom stereocenters. The van der Waals surface area contributed by atoms with Gasteiger partial charge in [-0.25, -0.2) is 4.39 Å². The molecule has 4 heteroatoms. The summed E-state index contributed by atoms with van der Waals surface area (Å²) in [6.45, 7) is 1.79. The van der Waals surface area contributed by atoms with Crippen molar-refractivity contribution >= 4 is 22.6 Å². The van der Waals surface area contributed by atoms with Crippen molar-refractivity contribution in [2.45, 2.75) is 18.9 Å². The number of hydrogen-bond donors (Lipinski definition) is 2. The van der Waals surface area contributed by atoms with Gasteiger partial charge in [-0.1, -0.05) is 12.1 Å². The fraction of sp³-hybridized carbons (Fsp3) is 0.400. The second kappa shape index (κ2) is 4.55. The summed E-state index contributed by atoms with van der Waals surface area (Å²) < 4.78 is 13.8. The zero-order valence-corrected chi connectivity index (χ0v) is 10.1. The molecule has 2 nitrogen and oxygen atoms in total. The van der Waals surface area contributed by atoms with E-state index in [1.165, 1.54) is 6.07 Å².